The third-order valence-corrected chi connectivity index (χ3v) is 4.28. The van der Waals surface area contributed by atoms with E-state index < -0.39 is 11.6 Å². The van der Waals surface area contributed by atoms with Crippen LogP contribution in [0.2, 0.25) is 0 Å². The number of hydrogen-bond acceptors (Lipinski definition) is 6. The quantitative estimate of drug-likeness (QED) is 0.637. The highest BCUT2D eigenvalue weighted by Gasteiger charge is 2.12. The van der Waals surface area contributed by atoms with Crippen molar-refractivity contribution in [3.63, 3.8) is 0 Å². The van der Waals surface area contributed by atoms with Crippen LogP contribution in [0.1, 0.15) is 16.1 Å². The van der Waals surface area contributed by atoms with E-state index in [1.54, 1.807) is 57.7 Å². The molecule has 0 aliphatic carbocycles. The predicted molar refractivity (Wildman–Crippen MR) is 108 cm³/mol. The van der Waals surface area contributed by atoms with E-state index in [4.69, 9.17) is 14.2 Å². The standard InChI is InChI=1S/C21H21N3O5/c1-27-15-7-5-14(6-8-15)16-11-17(24-21(26)23-16)20(25)22-12-13-4-9-18(28-2)19(10-13)29-3/h4-11H,12H2,1-3H3,(H,22,25)(H,23,24,26). The Balaban J connectivity index is 1.77. The minimum absolute atomic E-state index is 0.122. The Labute approximate surface area is 167 Å². The average molecular weight is 395 g/mol. The maximum Gasteiger partial charge on any atom is 0.346 e. The third-order valence-electron chi connectivity index (χ3n) is 4.28. The molecule has 8 nitrogen and oxygen atoms in total. The molecule has 3 rings (SSSR count). The number of amides is 1. The summed E-state index contributed by atoms with van der Waals surface area (Å²) in [6.07, 6.45) is 0. The van der Waals surface area contributed by atoms with Gasteiger partial charge in [-0.05, 0) is 48.0 Å². The van der Waals surface area contributed by atoms with Gasteiger partial charge in [-0.2, -0.15) is 4.98 Å². The van der Waals surface area contributed by atoms with E-state index in [1.165, 1.54) is 6.07 Å². The molecule has 0 bridgehead atoms. The first-order valence-corrected chi connectivity index (χ1v) is 8.79. The SMILES string of the molecule is COc1ccc(-c2cc(C(=O)NCc3ccc(OC)c(OC)c3)[nH]c(=O)n2)cc1. The molecule has 0 unspecified atom stereocenters. The van der Waals surface area contributed by atoms with Crippen LogP contribution >= 0.6 is 0 Å². The predicted octanol–water partition coefficient (Wildman–Crippen LogP) is 2.39. The van der Waals surface area contributed by atoms with E-state index in [0.29, 0.717) is 28.5 Å². The van der Waals surface area contributed by atoms with Gasteiger partial charge in [0.15, 0.2) is 11.5 Å². The minimum atomic E-state index is -0.602. The molecule has 8 heteroatoms. The number of H-pyrrole nitrogens is 1. The van der Waals surface area contributed by atoms with Crippen molar-refractivity contribution in [2.75, 3.05) is 21.3 Å². The molecule has 2 aromatic carbocycles. The number of nitrogens with zero attached hydrogens (tertiary/aromatic N) is 1. The van der Waals surface area contributed by atoms with E-state index in [-0.39, 0.29) is 12.2 Å². The first-order chi connectivity index (χ1) is 14.0. The summed E-state index contributed by atoms with van der Waals surface area (Å²) in [5.41, 5.74) is 1.44. The van der Waals surface area contributed by atoms with Gasteiger partial charge in [-0.25, -0.2) is 4.79 Å². The number of carbonyl (C=O) groups excluding carboxylic acids is 1. The maximum absolute atomic E-state index is 12.5. The van der Waals surface area contributed by atoms with Crippen molar-refractivity contribution in [1.29, 1.82) is 0 Å². The number of benzene rings is 2. The monoisotopic (exact) mass is 395 g/mol. The molecule has 0 saturated heterocycles. The van der Waals surface area contributed by atoms with Gasteiger partial charge < -0.3 is 24.5 Å². The van der Waals surface area contributed by atoms with Gasteiger partial charge in [0.2, 0.25) is 0 Å². The number of aromatic nitrogens is 2. The van der Waals surface area contributed by atoms with Crippen LogP contribution in [0.4, 0.5) is 0 Å². The van der Waals surface area contributed by atoms with Crippen LogP contribution < -0.4 is 25.2 Å². The lowest BCUT2D eigenvalue weighted by Crippen LogP contribution is -2.27. The van der Waals surface area contributed by atoms with Crippen molar-refractivity contribution in [2.45, 2.75) is 6.54 Å². The molecule has 0 fully saturated rings. The van der Waals surface area contributed by atoms with Gasteiger partial charge in [0.25, 0.3) is 5.91 Å². The molecule has 1 amide bonds. The average Bonchev–Trinajstić information content (AvgIpc) is 2.76. The summed E-state index contributed by atoms with van der Waals surface area (Å²) in [4.78, 5) is 30.9. The largest absolute Gasteiger partial charge is 0.497 e. The second kappa shape index (κ2) is 8.92. The van der Waals surface area contributed by atoms with Gasteiger partial charge in [0.1, 0.15) is 11.4 Å². The topological polar surface area (TPSA) is 103 Å². The fourth-order valence-corrected chi connectivity index (χ4v) is 2.76. The highest BCUT2D eigenvalue weighted by atomic mass is 16.5. The van der Waals surface area contributed by atoms with E-state index in [9.17, 15) is 9.59 Å². The van der Waals surface area contributed by atoms with Crippen LogP contribution in [0.3, 0.4) is 0 Å². The van der Waals surface area contributed by atoms with Gasteiger partial charge in [0.05, 0.1) is 27.0 Å². The molecular formula is C21H21N3O5. The zero-order valence-electron chi connectivity index (χ0n) is 16.3. The van der Waals surface area contributed by atoms with Crippen LogP contribution in [0, 0.1) is 0 Å². The number of rotatable bonds is 7. The number of hydrogen-bond donors (Lipinski definition) is 2. The first kappa shape index (κ1) is 19.9. The Morgan fingerprint density at radius 2 is 1.69 bits per heavy atom. The number of ether oxygens (including phenoxy) is 3. The summed E-state index contributed by atoms with van der Waals surface area (Å²) in [5, 5.41) is 2.77. The van der Waals surface area contributed by atoms with Crippen molar-refractivity contribution < 1.29 is 19.0 Å². The molecule has 0 atom stereocenters. The Morgan fingerprint density at radius 1 is 0.966 bits per heavy atom. The van der Waals surface area contributed by atoms with Crippen molar-refractivity contribution in [1.82, 2.24) is 15.3 Å². The number of nitrogens with one attached hydrogen (secondary N) is 2. The van der Waals surface area contributed by atoms with Gasteiger partial charge in [-0.3, -0.25) is 4.79 Å². The Morgan fingerprint density at radius 3 is 2.34 bits per heavy atom. The van der Waals surface area contributed by atoms with Crippen molar-refractivity contribution >= 4 is 5.91 Å². The van der Waals surface area contributed by atoms with Gasteiger partial charge >= 0.3 is 5.69 Å². The summed E-state index contributed by atoms with van der Waals surface area (Å²) in [5.74, 6) is 1.43. The lowest BCUT2D eigenvalue weighted by molar-refractivity contribution is 0.0945. The summed E-state index contributed by atoms with van der Waals surface area (Å²) in [6, 6.07) is 13.9. The molecular weight excluding hydrogens is 374 g/mol. The summed E-state index contributed by atoms with van der Waals surface area (Å²) < 4.78 is 15.6. The second-order valence-electron chi connectivity index (χ2n) is 6.09. The summed E-state index contributed by atoms with van der Waals surface area (Å²) in [6.45, 7) is 0.251. The minimum Gasteiger partial charge on any atom is -0.497 e. The van der Waals surface area contributed by atoms with E-state index in [2.05, 4.69) is 15.3 Å². The summed E-state index contributed by atoms with van der Waals surface area (Å²) in [7, 11) is 4.67. The highest BCUT2D eigenvalue weighted by molar-refractivity contribution is 5.93. The van der Waals surface area contributed by atoms with E-state index in [0.717, 1.165) is 5.56 Å². The second-order valence-corrected chi connectivity index (χ2v) is 6.09. The number of aromatic amines is 1. The molecule has 0 spiro atoms. The van der Waals surface area contributed by atoms with Crippen LogP contribution in [-0.2, 0) is 6.54 Å². The molecule has 1 heterocycles. The maximum atomic E-state index is 12.5. The van der Waals surface area contributed by atoms with Gasteiger partial charge in [-0.1, -0.05) is 6.07 Å². The Bertz CT molecular complexity index is 1060. The van der Waals surface area contributed by atoms with Crippen LogP contribution in [0.5, 0.6) is 17.2 Å². The van der Waals surface area contributed by atoms with Crippen LogP contribution in [0.25, 0.3) is 11.3 Å². The molecule has 2 N–H and O–H groups in total. The molecule has 29 heavy (non-hydrogen) atoms. The lowest BCUT2D eigenvalue weighted by Gasteiger charge is -2.10. The van der Waals surface area contributed by atoms with Crippen molar-refractivity contribution in [3.05, 3.63) is 70.3 Å². The van der Waals surface area contributed by atoms with E-state index in [1.807, 2.05) is 6.07 Å². The number of methoxy groups -OCH3 is 3. The molecule has 0 radical (unpaired) electrons. The van der Waals surface area contributed by atoms with Gasteiger partial charge in [0, 0.05) is 12.1 Å². The molecule has 0 aliphatic heterocycles. The Hall–Kier alpha value is -3.81. The molecule has 3 aromatic rings. The highest BCUT2D eigenvalue weighted by Crippen LogP contribution is 2.27. The fraction of sp³-hybridized carbons (Fsp3) is 0.190. The van der Waals surface area contributed by atoms with Crippen LogP contribution in [0.15, 0.2) is 53.3 Å². The lowest BCUT2D eigenvalue weighted by atomic mass is 10.1. The molecule has 0 aliphatic rings. The normalized spacial score (nSPS) is 10.3. The summed E-state index contributed by atoms with van der Waals surface area (Å²) >= 11 is 0. The number of carbonyl (C=O) groups is 1. The zero-order chi connectivity index (χ0) is 20.8. The molecule has 150 valence electrons. The first-order valence-electron chi connectivity index (χ1n) is 8.79. The van der Waals surface area contributed by atoms with Crippen LogP contribution in [-0.4, -0.2) is 37.2 Å². The van der Waals surface area contributed by atoms with Crippen molar-refractivity contribution in [3.8, 4) is 28.5 Å². The van der Waals surface area contributed by atoms with Gasteiger partial charge in [-0.15, -0.1) is 0 Å². The van der Waals surface area contributed by atoms with Crippen molar-refractivity contribution in [2.24, 2.45) is 0 Å². The molecule has 0 saturated carbocycles. The fourth-order valence-electron chi connectivity index (χ4n) is 2.76. The zero-order valence-corrected chi connectivity index (χ0v) is 16.3. The smallest absolute Gasteiger partial charge is 0.346 e. The molecule has 1 aromatic heterocycles. The third kappa shape index (κ3) is 4.73. The van der Waals surface area contributed by atoms with E-state index >= 15 is 0 Å². The Kier molecular flexibility index (Phi) is 6.13.